The molecule has 0 aromatic rings. The van der Waals surface area contributed by atoms with E-state index in [0.29, 0.717) is 0 Å². The maximum Gasteiger partial charge on any atom is 0.110 e. The van der Waals surface area contributed by atoms with Gasteiger partial charge in [-0.25, -0.2) is 0 Å². The fourth-order valence-electron chi connectivity index (χ4n) is 3.72. The lowest BCUT2D eigenvalue weighted by Gasteiger charge is -2.41. The van der Waals surface area contributed by atoms with Crippen LogP contribution in [-0.2, 0) is 0 Å². The Morgan fingerprint density at radius 2 is 1.00 bits per heavy atom. The molecule has 2 atom stereocenters. The molecular weight excluding hydrogens is 252 g/mol. The Morgan fingerprint density at radius 3 is 1.33 bits per heavy atom. The van der Waals surface area contributed by atoms with Crippen molar-refractivity contribution in [3.63, 3.8) is 0 Å². The molecule has 2 aliphatic rings. The minimum absolute atomic E-state index is 0.653. The minimum Gasteiger partial charge on any atom is -0.326 e. The number of nitrogens with zero attached hydrogens (tertiary/aromatic N) is 2. The van der Waals surface area contributed by atoms with Crippen molar-refractivity contribution in [1.29, 1.82) is 0 Å². The van der Waals surface area contributed by atoms with E-state index in [-0.39, 0.29) is 0 Å². The summed E-state index contributed by atoms with van der Waals surface area (Å²) in [5.41, 5.74) is 0. The first-order chi connectivity index (χ1) is 8.70. The van der Waals surface area contributed by atoms with Gasteiger partial charge in [0.2, 0.25) is 0 Å². The average molecular weight is 285 g/mol. The second-order valence-electron chi connectivity index (χ2n) is 6.53. The molecule has 2 rings (SSSR count). The van der Waals surface area contributed by atoms with Crippen molar-refractivity contribution in [2.24, 2.45) is 0 Å². The lowest BCUT2D eigenvalue weighted by atomic mass is 10.2. The van der Waals surface area contributed by atoms with Gasteiger partial charge in [-0.2, -0.15) is 0 Å². The highest BCUT2D eigenvalue weighted by atomic mass is 28.3. The molecule has 0 amide bonds. The molecule has 2 nitrogen and oxygen atoms in total. The lowest BCUT2D eigenvalue weighted by molar-refractivity contribution is 0.341. The molecule has 106 valence electrons. The third kappa shape index (κ3) is 3.68. The highest BCUT2D eigenvalue weighted by Gasteiger charge is 2.31. The summed E-state index contributed by atoms with van der Waals surface area (Å²) in [7, 11) is -1.31. The Kier molecular flexibility index (Phi) is 5.92. The van der Waals surface area contributed by atoms with E-state index in [2.05, 4.69) is 29.1 Å². The molecule has 2 unspecified atom stereocenters. The molecule has 0 aromatic carbocycles. The molecule has 18 heavy (non-hydrogen) atoms. The molecule has 2 heterocycles. The smallest absolute Gasteiger partial charge is 0.110 e. The van der Waals surface area contributed by atoms with Crippen molar-refractivity contribution in [3.05, 3.63) is 0 Å². The van der Waals surface area contributed by atoms with E-state index >= 15 is 0 Å². The largest absolute Gasteiger partial charge is 0.326 e. The maximum atomic E-state index is 2.90. The Labute approximate surface area is 117 Å². The Hall–Kier alpha value is 0.354. The van der Waals surface area contributed by atoms with Crippen LogP contribution < -0.4 is 0 Å². The standard InChI is InChI=1S/C14H32N2Si2/c1-14(17(2)15-10-6-4-7-11-15)18(3)16-12-8-5-9-13-16/h14,17-18H,4-13H2,1-3H3. The van der Waals surface area contributed by atoms with Gasteiger partial charge in [0, 0.05) is 0 Å². The lowest BCUT2D eigenvalue weighted by Crippen LogP contribution is -2.52. The SMILES string of the molecule is CC([SiH](C)N1CCCCC1)[SiH](C)N1CCCCC1. The van der Waals surface area contributed by atoms with Crippen LogP contribution in [0.3, 0.4) is 0 Å². The summed E-state index contributed by atoms with van der Waals surface area (Å²) in [5.74, 6) is 0. The van der Waals surface area contributed by atoms with Crippen molar-refractivity contribution < 1.29 is 0 Å². The van der Waals surface area contributed by atoms with E-state index in [0.717, 1.165) is 5.16 Å². The molecule has 2 fully saturated rings. The average Bonchev–Trinajstić information content (AvgIpc) is 2.47. The topological polar surface area (TPSA) is 6.48 Å². The Bertz CT molecular complexity index is 214. The quantitative estimate of drug-likeness (QED) is 0.732. The Balaban J connectivity index is 1.85. The van der Waals surface area contributed by atoms with E-state index in [1.165, 1.54) is 64.7 Å². The fraction of sp³-hybridized carbons (Fsp3) is 1.00. The molecule has 0 saturated carbocycles. The van der Waals surface area contributed by atoms with Gasteiger partial charge < -0.3 is 9.13 Å². The highest BCUT2D eigenvalue weighted by molar-refractivity contribution is 6.76. The summed E-state index contributed by atoms with van der Waals surface area (Å²) in [6.45, 7) is 13.5. The van der Waals surface area contributed by atoms with E-state index in [4.69, 9.17) is 0 Å². The predicted octanol–water partition coefficient (Wildman–Crippen LogP) is 2.59. The van der Waals surface area contributed by atoms with Crippen molar-refractivity contribution in [3.8, 4) is 0 Å². The van der Waals surface area contributed by atoms with Gasteiger partial charge in [0.25, 0.3) is 0 Å². The van der Waals surface area contributed by atoms with Crippen LogP contribution in [0.2, 0.25) is 18.3 Å². The molecule has 2 saturated heterocycles. The predicted molar refractivity (Wildman–Crippen MR) is 86.3 cm³/mol. The van der Waals surface area contributed by atoms with E-state index in [9.17, 15) is 0 Å². The zero-order valence-corrected chi connectivity index (χ0v) is 15.0. The normalized spacial score (nSPS) is 28.8. The van der Waals surface area contributed by atoms with Crippen molar-refractivity contribution in [1.82, 2.24) is 9.13 Å². The highest BCUT2D eigenvalue weighted by Crippen LogP contribution is 2.24. The van der Waals surface area contributed by atoms with Gasteiger partial charge >= 0.3 is 0 Å². The van der Waals surface area contributed by atoms with Crippen molar-refractivity contribution in [2.75, 3.05) is 26.2 Å². The third-order valence-corrected chi connectivity index (χ3v) is 15.2. The summed E-state index contributed by atoms with van der Waals surface area (Å²) in [4.78, 5) is 0. The summed E-state index contributed by atoms with van der Waals surface area (Å²) < 4.78 is 5.81. The molecule has 0 radical (unpaired) electrons. The van der Waals surface area contributed by atoms with Gasteiger partial charge in [0.05, 0.1) is 0 Å². The number of hydrogen-bond donors (Lipinski definition) is 0. The molecule has 0 aromatic heterocycles. The van der Waals surface area contributed by atoms with Crippen LogP contribution in [0.5, 0.6) is 0 Å². The number of hydrogen-bond acceptors (Lipinski definition) is 2. The van der Waals surface area contributed by atoms with E-state index in [1.54, 1.807) is 0 Å². The molecule has 0 bridgehead atoms. The second-order valence-corrected chi connectivity index (χ2v) is 13.8. The van der Waals surface area contributed by atoms with Gasteiger partial charge in [0.1, 0.15) is 17.9 Å². The van der Waals surface area contributed by atoms with Crippen LogP contribution in [0, 0.1) is 0 Å². The van der Waals surface area contributed by atoms with Crippen molar-refractivity contribution in [2.45, 2.75) is 63.7 Å². The third-order valence-electron chi connectivity index (χ3n) is 5.46. The van der Waals surface area contributed by atoms with Crippen LogP contribution in [0.4, 0.5) is 0 Å². The van der Waals surface area contributed by atoms with Gasteiger partial charge in [-0.3, -0.25) is 0 Å². The van der Waals surface area contributed by atoms with Crippen LogP contribution >= 0.6 is 0 Å². The zero-order chi connectivity index (χ0) is 13.0. The molecule has 0 N–H and O–H groups in total. The van der Waals surface area contributed by atoms with Crippen LogP contribution in [-0.4, -0.2) is 53.2 Å². The summed E-state index contributed by atoms with van der Waals surface area (Å²) >= 11 is 0. The van der Waals surface area contributed by atoms with Gasteiger partial charge in [0.15, 0.2) is 0 Å². The second kappa shape index (κ2) is 7.22. The Morgan fingerprint density at radius 1 is 0.667 bits per heavy atom. The first-order valence-corrected chi connectivity index (χ1v) is 12.9. The first kappa shape index (κ1) is 14.8. The van der Waals surface area contributed by atoms with Crippen LogP contribution in [0.15, 0.2) is 0 Å². The number of piperidine rings is 2. The minimum atomic E-state index is -0.653. The summed E-state index contributed by atoms with van der Waals surface area (Å²) in [5, 5.41) is 1.07. The van der Waals surface area contributed by atoms with Gasteiger partial charge in [-0.15, -0.1) is 0 Å². The van der Waals surface area contributed by atoms with Crippen LogP contribution in [0.1, 0.15) is 45.4 Å². The van der Waals surface area contributed by atoms with Crippen LogP contribution in [0.25, 0.3) is 0 Å². The fourth-order valence-corrected chi connectivity index (χ4v) is 12.1. The van der Waals surface area contributed by atoms with Gasteiger partial charge in [-0.1, -0.05) is 32.9 Å². The first-order valence-electron chi connectivity index (χ1n) is 8.18. The number of rotatable bonds is 4. The van der Waals surface area contributed by atoms with E-state index in [1.807, 2.05) is 0 Å². The zero-order valence-electron chi connectivity index (χ0n) is 12.7. The molecule has 0 spiro atoms. The van der Waals surface area contributed by atoms with E-state index < -0.39 is 17.9 Å². The van der Waals surface area contributed by atoms with Crippen molar-refractivity contribution >= 4 is 17.9 Å². The monoisotopic (exact) mass is 284 g/mol. The van der Waals surface area contributed by atoms with Gasteiger partial charge in [-0.05, 0) is 57.0 Å². The molecule has 2 aliphatic heterocycles. The summed E-state index contributed by atoms with van der Waals surface area (Å²) in [6, 6.07) is 0. The molecular formula is C14H32N2Si2. The maximum absolute atomic E-state index is 2.90. The molecule has 4 heteroatoms. The summed E-state index contributed by atoms with van der Waals surface area (Å²) in [6.07, 6.45) is 8.80. The molecule has 0 aliphatic carbocycles.